The second kappa shape index (κ2) is 12.2. The van der Waals surface area contributed by atoms with Crippen LogP contribution < -0.4 is 5.32 Å². The van der Waals surface area contributed by atoms with Gasteiger partial charge in [0.15, 0.2) is 0 Å². The number of hydrogen-bond acceptors (Lipinski definition) is 5. The molecule has 0 saturated carbocycles. The van der Waals surface area contributed by atoms with Gasteiger partial charge >= 0.3 is 5.97 Å². The first kappa shape index (κ1) is 27.8. The predicted octanol–water partition coefficient (Wildman–Crippen LogP) is 7.85. The van der Waals surface area contributed by atoms with E-state index in [-0.39, 0.29) is 18.4 Å². The van der Waals surface area contributed by atoms with Crippen molar-refractivity contribution in [1.29, 1.82) is 0 Å². The van der Waals surface area contributed by atoms with Gasteiger partial charge in [-0.2, -0.15) is 0 Å². The molecule has 1 amide bonds. The lowest BCUT2D eigenvalue weighted by Crippen LogP contribution is -2.15. The average Bonchev–Trinajstić information content (AvgIpc) is 3.38. The molecule has 0 radical (unpaired) electrons. The third-order valence-corrected chi connectivity index (χ3v) is 8.90. The van der Waals surface area contributed by atoms with E-state index in [1.807, 2.05) is 74.9 Å². The second-order valence-corrected chi connectivity index (χ2v) is 11.6. The standard InChI is InChI=1S/C33H37N3O3S/c1-5-39-30(37)20-36-23(4)26(24-12-10-11-14-28(24)36)19-34-33-31(25-13-8-6-7-9-15-29(25)40-33)32(38)35-27-18-21(2)16-17-22(27)3/h10-12,14,16-19H,5-9,13,15,20H2,1-4H3,(H,35,38). The Bertz CT molecular complexity index is 1590. The van der Waals surface area contributed by atoms with Crippen LogP contribution in [0.15, 0.2) is 47.5 Å². The topological polar surface area (TPSA) is 72.7 Å². The number of ether oxygens (including phenoxy) is 1. The van der Waals surface area contributed by atoms with E-state index in [0.717, 1.165) is 75.2 Å². The molecular formula is C33H37N3O3S. The van der Waals surface area contributed by atoms with E-state index in [4.69, 9.17) is 9.73 Å². The maximum Gasteiger partial charge on any atom is 0.325 e. The first-order valence-corrected chi connectivity index (χ1v) is 15.0. The first-order chi connectivity index (χ1) is 19.4. The molecule has 40 heavy (non-hydrogen) atoms. The summed E-state index contributed by atoms with van der Waals surface area (Å²) in [7, 11) is 0. The molecule has 0 atom stereocenters. The number of aryl methyl sites for hydroxylation is 3. The lowest BCUT2D eigenvalue weighted by Gasteiger charge is -2.13. The number of nitrogens with one attached hydrogen (secondary N) is 1. The Hall–Kier alpha value is -3.71. The summed E-state index contributed by atoms with van der Waals surface area (Å²) >= 11 is 1.65. The minimum absolute atomic E-state index is 0.0969. The zero-order valence-electron chi connectivity index (χ0n) is 23.8. The maximum atomic E-state index is 13.9. The average molecular weight is 556 g/mol. The summed E-state index contributed by atoms with van der Waals surface area (Å²) < 4.78 is 7.21. The highest BCUT2D eigenvalue weighted by Crippen LogP contribution is 2.40. The molecule has 0 fully saturated rings. The van der Waals surface area contributed by atoms with Crippen LogP contribution in [0.2, 0.25) is 0 Å². The van der Waals surface area contributed by atoms with Crippen LogP contribution in [0.3, 0.4) is 0 Å². The molecule has 0 aliphatic heterocycles. The van der Waals surface area contributed by atoms with Gasteiger partial charge in [0.25, 0.3) is 5.91 Å². The van der Waals surface area contributed by atoms with Crippen LogP contribution in [-0.4, -0.2) is 29.3 Å². The Morgan fingerprint density at radius 1 is 1.05 bits per heavy atom. The lowest BCUT2D eigenvalue weighted by molar-refractivity contribution is -0.143. The van der Waals surface area contributed by atoms with Gasteiger partial charge in [-0.3, -0.25) is 9.59 Å². The van der Waals surface area contributed by atoms with Crippen molar-refractivity contribution < 1.29 is 14.3 Å². The van der Waals surface area contributed by atoms with E-state index in [1.165, 1.54) is 17.7 Å². The molecular weight excluding hydrogens is 518 g/mol. The number of thiophene rings is 1. The predicted molar refractivity (Wildman–Crippen MR) is 165 cm³/mol. The molecule has 1 N–H and O–H groups in total. The molecule has 2 aromatic carbocycles. The Morgan fingerprint density at radius 2 is 1.82 bits per heavy atom. The fourth-order valence-electron chi connectivity index (χ4n) is 5.57. The van der Waals surface area contributed by atoms with Crippen LogP contribution in [0.25, 0.3) is 10.9 Å². The summed E-state index contributed by atoms with van der Waals surface area (Å²) in [4.78, 5) is 32.5. The van der Waals surface area contributed by atoms with Crippen LogP contribution >= 0.6 is 11.3 Å². The fourth-order valence-corrected chi connectivity index (χ4v) is 6.80. The number of fused-ring (bicyclic) bond motifs is 2. The van der Waals surface area contributed by atoms with Crippen molar-refractivity contribution in [3.63, 3.8) is 0 Å². The van der Waals surface area contributed by atoms with Gasteiger partial charge in [0.05, 0.1) is 12.2 Å². The molecule has 6 nitrogen and oxygen atoms in total. The van der Waals surface area contributed by atoms with Gasteiger partial charge in [0.1, 0.15) is 11.5 Å². The third-order valence-electron chi connectivity index (χ3n) is 7.70. The normalized spacial score (nSPS) is 13.7. The minimum atomic E-state index is -0.265. The second-order valence-electron chi connectivity index (χ2n) is 10.5. The van der Waals surface area contributed by atoms with Crippen molar-refractivity contribution in [3.05, 3.63) is 80.9 Å². The number of anilines is 1. The van der Waals surface area contributed by atoms with E-state index in [2.05, 4.69) is 11.4 Å². The molecule has 0 unspecified atom stereocenters. The van der Waals surface area contributed by atoms with Crippen LogP contribution in [0, 0.1) is 20.8 Å². The fraction of sp³-hybridized carbons (Fsp3) is 0.364. The van der Waals surface area contributed by atoms with E-state index in [9.17, 15) is 9.59 Å². The molecule has 1 aliphatic carbocycles. The molecule has 1 aliphatic rings. The quantitative estimate of drug-likeness (QED) is 0.186. The largest absolute Gasteiger partial charge is 0.465 e. The summed E-state index contributed by atoms with van der Waals surface area (Å²) in [5.41, 5.74) is 7.68. The van der Waals surface area contributed by atoms with Gasteiger partial charge in [-0.25, -0.2) is 4.99 Å². The van der Waals surface area contributed by atoms with Crippen LogP contribution in [-0.2, 0) is 28.9 Å². The highest BCUT2D eigenvalue weighted by atomic mass is 32.1. The van der Waals surface area contributed by atoms with E-state index >= 15 is 0 Å². The lowest BCUT2D eigenvalue weighted by atomic mass is 9.96. The molecule has 0 saturated heterocycles. The number of aliphatic imine (C=N–C) groups is 1. The van der Waals surface area contributed by atoms with Crippen molar-refractivity contribution in [1.82, 2.24) is 4.57 Å². The van der Waals surface area contributed by atoms with Crippen LogP contribution in [0.5, 0.6) is 0 Å². The third kappa shape index (κ3) is 5.75. The van der Waals surface area contributed by atoms with Crippen molar-refractivity contribution in [3.8, 4) is 0 Å². The summed E-state index contributed by atoms with van der Waals surface area (Å²) in [6.45, 7) is 8.36. The highest BCUT2D eigenvalue weighted by molar-refractivity contribution is 7.16. The van der Waals surface area contributed by atoms with E-state index in [1.54, 1.807) is 11.3 Å². The monoisotopic (exact) mass is 555 g/mol. The number of hydrogen-bond donors (Lipinski definition) is 1. The van der Waals surface area contributed by atoms with Gasteiger partial charge in [-0.1, -0.05) is 43.2 Å². The van der Waals surface area contributed by atoms with E-state index in [0.29, 0.717) is 12.2 Å². The number of para-hydroxylation sites is 1. The molecule has 0 spiro atoms. The molecule has 208 valence electrons. The molecule has 0 bridgehead atoms. The number of esters is 1. The number of benzene rings is 2. The first-order valence-electron chi connectivity index (χ1n) is 14.2. The number of carbonyl (C=O) groups is 2. The molecule has 5 rings (SSSR count). The molecule has 2 heterocycles. The van der Waals surface area contributed by atoms with Crippen molar-refractivity contribution in [2.75, 3.05) is 11.9 Å². The minimum Gasteiger partial charge on any atom is -0.465 e. The molecule has 7 heteroatoms. The maximum absolute atomic E-state index is 13.9. The smallest absolute Gasteiger partial charge is 0.325 e. The number of aromatic nitrogens is 1. The highest BCUT2D eigenvalue weighted by Gasteiger charge is 2.25. The summed E-state index contributed by atoms with van der Waals surface area (Å²) in [6, 6.07) is 14.1. The van der Waals surface area contributed by atoms with Crippen LogP contribution in [0.1, 0.15) is 75.8 Å². The van der Waals surface area contributed by atoms with E-state index < -0.39 is 0 Å². The Labute approximate surface area is 240 Å². The van der Waals surface area contributed by atoms with Gasteiger partial charge in [0.2, 0.25) is 0 Å². The Morgan fingerprint density at radius 3 is 2.62 bits per heavy atom. The molecule has 2 aromatic heterocycles. The van der Waals surface area contributed by atoms with Crippen molar-refractivity contribution in [2.24, 2.45) is 4.99 Å². The van der Waals surface area contributed by atoms with Gasteiger partial charge in [-0.05, 0) is 82.2 Å². The Kier molecular flexibility index (Phi) is 8.50. The summed E-state index contributed by atoms with van der Waals surface area (Å²) in [5.74, 6) is -0.362. The zero-order chi connectivity index (χ0) is 28.2. The number of nitrogens with zero attached hydrogens (tertiary/aromatic N) is 2. The number of carbonyl (C=O) groups excluding carboxylic acids is 2. The Balaban J connectivity index is 1.57. The van der Waals surface area contributed by atoms with Crippen LogP contribution in [0.4, 0.5) is 10.7 Å². The summed E-state index contributed by atoms with van der Waals surface area (Å²) in [6.07, 6.45) is 8.37. The summed E-state index contributed by atoms with van der Waals surface area (Å²) in [5, 5.41) is 4.96. The number of rotatable bonds is 7. The number of amides is 1. The van der Waals surface area contributed by atoms with Gasteiger partial charge < -0.3 is 14.6 Å². The van der Waals surface area contributed by atoms with Gasteiger partial charge in [0, 0.05) is 38.9 Å². The van der Waals surface area contributed by atoms with Crippen molar-refractivity contribution in [2.45, 2.75) is 72.8 Å². The van der Waals surface area contributed by atoms with Gasteiger partial charge in [-0.15, -0.1) is 11.3 Å². The zero-order valence-corrected chi connectivity index (χ0v) is 24.6. The molecule has 4 aromatic rings. The SMILES string of the molecule is CCOC(=O)Cn1c(C)c(C=Nc2sc3c(c2C(=O)Nc2cc(C)ccc2C)CCCCCC3)c2ccccc21. The van der Waals surface area contributed by atoms with Crippen molar-refractivity contribution >= 4 is 51.0 Å².